The van der Waals surface area contributed by atoms with Crippen molar-refractivity contribution in [3.8, 4) is 11.5 Å². The van der Waals surface area contributed by atoms with Crippen molar-refractivity contribution in [3.05, 3.63) is 77.1 Å². The number of methoxy groups -OCH3 is 2. The highest BCUT2D eigenvalue weighted by Crippen LogP contribution is 2.25. The fourth-order valence-electron chi connectivity index (χ4n) is 3.91. The first-order chi connectivity index (χ1) is 16.1. The quantitative estimate of drug-likeness (QED) is 0.509. The van der Waals surface area contributed by atoms with Crippen molar-refractivity contribution in [1.29, 1.82) is 0 Å². The first-order valence-corrected chi connectivity index (χ1v) is 11.0. The highest BCUT2D eigenvalue weighted by Gasteiger charge is 2.28. The second kappa shape index (κ2) is 10.2. The van der Waals surface area contributed by atoms with Gasteiger partial charge in [-0.15, -0.1) is 0 Å². The fraction of sp³-hybridized carbons (Fsp3) is 0.320. The third-order valence-electron chi connectivity index (χ3n) is 5.66. The summed E-state index contributed by atoms with van der Waals surface area (Å²) in [5.41, 5.74) is 2.83. The van der Waals surface area contributed by atoms with E-state index in [9.17, 15) is 9.59 Å². The molecule has 1 aliphatic rings. The molecule has 0 radical (unpaired) electrons. The van der Waals surface area contributed by atoms with Crippen LogP contribution in [0.4, 0.5) is 0 Å². The molecule has 2 aromatic carbocycles. The highest BCUT2D eigenvalue weighted by atomic mass is 16.5. The van der Waals surface area contributed by atoms with Gasteiger partial charge in [0.2, 0.25) is 0 Å². The molecule has 3 aromatic rings. The smallest absolute Gasteiger partial charge is 0.272 e. The molecule has 8 nitrogen and oxygen atoms in total. The van der Waals surface area contributed by atoms with Crippen LogP contribution in [0.2, 0.25) is 0 Å². The molecule has 33 heavy (non-hydrogen) atoms. The number of rotatable bonds is 9. The van der Waals surface area contributed by atoms with Gasteiger partial charge in [-0.3, -0.25) is 14.3 Å². The minimum atomic E-state index is -0.262. The predicted octanol–water partition coefficient (Wildman–Crippen LogP) is 2.92. The van der Waals surface area contributed by atoms with Gasteiger partial charge >= 0.3 is 0 Å². The van der Waals surface area contributed by atoms with Gasteiger partial charge in [0.05, 0.1) is 20.8 Å². The summed E-state index contributed by atoms with van der Waals surface area (Å²) >= 11 is 0. The summed E-state index contributed by atoms with van der Waals surface area (Å²) in [4.78, 5) is 27.4. The number of aryl methyl sites for hydroxylation is 1. The first kappa shape index (κ1) is 22.4. The zero-order chi connectivity index (χ0) is 23.2. The van der Waals surface area contributed by atoms with Crippen LogP contribution in [0.25, 0.3) is 0 Å². The summed E-state index contributed by atoms with van der Waals surface area (Å²) < 4.78 is 12.3. The SMILES string of the molecule is COc1cc(CN2CCn3nc(C(=O)NCCCc4ccccc4)cc3C2=O)cc(OC)c1. The first-order valence-electron chi connectivity index (χ1n) is 11.0. The standard InChI is InChI=1S/C25H28N4O4/c1-32-20-13-19(14-21(15-20)33-2)17-28-11-12-29-23(25(28)31)16-22(27-29)24(30)26-10-6-9-18-7-4-3-5-8-18/h3-5,7-8,13-16H,6,9-12,17H2,1-2H3,(H,26,30). The van der Waals surface area contributed by atoms with Gasteiger partial charge in [0.1, 0.15) is 17.2 Å². The molecule has 1 N–H and O–H groups in total. The Kier molecular flexibility index (Phi) is 6.92. The van der Waals surface area contributed by atoms with Gasteiger partial charge < -0.3 is 19.7 Å². The van der Waals surface area contributed by atoms with E-state index in [0.29, 0.717) is 43.4 Å². The molecule has 4 rings (SSSR count). The van der Waals surface area contributed by atoms with E-state index in [1.54, 1.807) is 35.9 Å². The van der Waals surface area contributed by atoms with Crippen LogP contribution < -0.4 is 14.8 Å². The highest BCUT2D eigenvalue weighted by molar-refractivity contribution is 5.98. The van der Waals surface area contributed by atoms with Crippen molar-refractivity contribution in [3.63, 3.8) is 0 Å². The lowest BCUT2D eigenvalue weighted by atomic mass is 10.1. The summed E-state index contributed by atoms with van der Waals surface area (Å²) in [6, 6.07) is 17.3. The monoisotopic (exact) mass is 448 g/mol. The molecular weight excluding hydrogens is 420 g/mol. The summed E-state index contributed by atoms with van der Waals surface area (Å²) in [5, 5.41) is 7.25. The van der Waals surface area contributed by atoms with Crippen molar-refractivity contribution in [2.45, 2.75) is 25.9 Å². The van der Waals surface area contributed by atoms with Crippen LogP contribution in [-0.4, -0.2) is 53.8 Å². The molecule has 2 amide bonds. The second-order valence-electron chi connectivity index (χ2n) is 7.93. The molecule has 8 heteroatoms. The van der Waals surface area contributed by atoms with Crippen LogP contribution in [0.1, 0.15) is 38.5 Å². The van der Waals surface area contributed by atoms with Gasteiger partial charge in [-0.2, -0.15) is 5.10 Å². The average Bonchev–Trinajstić information content (AvgIpc) is 3.29. The second-order valence-corrected chi connectivity index (χ2v) is 7.93. The Morgan fingerprint density at radius 3 is 2.42 bits per heavy atom. The van der Waals surface area contributed by atoms with E-state index in [2.05, 4.69) is 22.5 Å². The lowest BCUT2D eigenvalue weighted by Crippen LogP contribution is -2.39. The predicted molar refractivity (Wildman–Crippen MR) is 124 cm³/mol. The molecule has 2 heterocycles. The number of fused-ring (bicyclic) bond motifs is 1. The molecule has 0 bridgehead atoms. The van der Waals surface area contributed by atoms with Gasteiger partial charge in [0.25, 0.3) is 11.8 Å². The number of carbonyl (C=O) groups excluding carboxylic acids is 2. The summed E-state index contributed by atoms with van der Waals surface area (Å²) in [6.45, 7) is 2.00. The molecule has 1 aromatic heterocycles. The molecule has 0 aliphatic carbocycles. The minimum absolute atomic E-state index is 0.154. The lowest BCUT2D eigenvalue weighted by molar-refractivity contribution is 0.0682. The topological polar surface area (TPSA) is 85.7 Å². The van der Waals surface area contributed by atoms with E-state index in [4.69, 9.17) is 9.47 Å². The van der Waals surface area contributed by atoms with Crippen LogP contribution in [0.3, 0.4) is 0 Å². The Labute approximate surface area is 193 Å². The fourth-order valence-corrected chi connectivity index (χ4v) is 3.91. The van der Waals surface area contributed by atoms with Crippen LogP contribution in [0, 0.1) is 0 Å². The van der Waals surface area contributed by atoms with Crippen molar-refractivity contribution >= 4 is 11.8 Å². The van der Waals surface area contributed by atoms with E-state index in [-0.39, 0.29) is 17.5 Å². The number of amides is 2. The lowest BCUT2D eigenvalue weighted by Gasteiger charge is -2.27. The van der Waals surface area contributed by atoms with Gasteiger partial charge in [0.15, 0.2) is 5.69 Å². The Balaban J connectivity index is 1.36. The van der Waals surface area contributed by atoms with E-state index in [1.807, 2.05) is 30.3 Å². The van der Waals surface area contributed by atoms with Crippen molar-refractivity contribution < 1.29 is 19.1 Å². The number of aromatic nitrogens is 2. The minimum Gasteiger partial charge on any atom is -0.497 e. The number of carbonyl (C=O) groups is 2. The van der Waals surface area contributed by atoms with E-state index >= 15 is 0 Å². The van der Waals surface area contributed by atoms with Gasteiger partial charge in [-0.05, 0) is 36.1 Å². The summed E-state index contributed by atoms with van der Waals surface area (Å²) in [7, 11) is 3.19. The Morgan fingerprint density at radius 1 is 1.00 bits per heavy atom. The largest absolute Gasteiger partial charge is 0.497 e. The third kappa shape index (κ3) is 5.34. The molecule has 0 saturated heterocycles. The van der Waals surface area contributed by atoms with Crippen molar-refractivity contribution in [2.75, 3.05) is 27.3 Å². The van der Waals surface area contributed by atoms with Crippen LogP contribution >= 0.6 is 0 Å². The molecule has 1 aliphatic heterocycles. The van der Waals surface area contributed by atoms with Crippen molar-refractivity contribution in [1.82, 2.24) is 20.0 Å². The Bertz CT molecular complexity index is 1100. The van der Waals surface area contributed by atoms with Crippen LogP contribution in [0.5, 0.6) is 11.5 Å². The van der Waals surface area contributed by atoms with Gasteiger partial charge in [-0.1, -0.05) is 30.3 Å². The maximum atomic E-state index is 13.1. The third-order valence-corrected chi connectivity index (χ3v) is 5.66. The maximum Gasteiger partial charge on any atom is 0.272 e. The normalized spacial score (nSPS) is 12.9. The summed E-state index contributed by atoms with van der Waals surface area (Å²) in [6.07, 6.45) is 1.73. The molecule has 0 fully saturated rings. The maximum absolute atomic E-state index is 13.1. The number of hydrogen-bond acceptors (Lipinski definition) is 5. The molecule has 172 valence electrons. The number of ether oxygens (including phenoxy) is 2. The summed E-state index contributed by atoms with van der Waals surface area (Å²) in [5.74, 6) is 0.927. The molecule has 0 unspecified atom stereocenters. The number of hydrogen-bond donors (Lipinski definition) is 1. The van der Waals surface area contributed by atoms with E-state index in [0.717, 1.165) is 18.4 Å². The number of nitrogens with one attached hydrogen (secondary N) is 1. The Morgan fingerprint density at radius 2 is 1.73 bits per heavy atom. The molecule has 0 saturated carbocycles. The molecular formula is C25H28N4O4. The zero-order valence-corrected chi connectivity index (χ0v) is 18.9. The number of benzene rings is 2. The Hall–Kier alpha value is -3.81. The number of nitrogens with zero attached hydrogens (tertiary/aromatic N) is 3. The van der Waals surface area contributed by atoms with Gasteiger partial charge in [0, 0.05) is 31.8 Å². The van der Waals surface area contributed by atoms with Crippen molar-refractivity contribution in [2.24, 2.45) is 0 Å². The van der Waals surface area contributed by atoms with E-state index < -0.39 is 0 Å². The molecule has 0 spiro atoms. The van der Waals surface area contributed by atoms with Gasteiger partial charge in [-0.25, -0.2) is 0 Å². The zero-order valence-electron chi connectivity index (χ0n) is 18.9. The van der Waals surface area contributed by atoms with Crippen LogP contribution in [0.15, 0.2) is 54.6 Å². The average molecular weight is 449 g/mol. The van der Waals surface area contributed by atoms with E-state index in [1.165, 1.54) is 5.56 Å². The molecule has 0 atom stereocenters. The van der Waals surface area contributed by atoms with Crippen LogP contribution in [-0.2, 0) is 19.5 Å².